The first-order valence-corrected chi connectivity index (χ1v) is 5.28. The van der Waals surface area contributed by atoms with Gasteiger partial charge in [-0.05, 0) is 26.0 Å². The van der Waals surface area contributed by atoms with Crippen LogP contribution in [0.3, 0.4) is 0 Å². The van der Waals surface area contributed by atoms with E-state index in [0.717, 1.165) is 5.76 Å². The Morgan fingerprint density at radius 2 is 2.44 bits per heavy atom. The minimum Gasteiger partial charge on any atom is -0.467 e. The van der Waals surface area contributed by atoms with Crippen LogP contribution >= 0.6 is 0 Å². The van der Waals surface area contributed by atoms with E-state index >= 15 is 0 Å². The maximum absolute atomic E-state index is 11.8. The molecule has 1 aromatic heterocycles. The van der Waals surface area contributed by atoms with Crippen molar-refractivity contribution in [1.82, 2.24) is 4.90 Å². The van der Waals surface area contributed by atoms with Gasteiger partial charge in [0.2, 0.25) is 5.91 Å². The number of nitrogens with zero attached hydrogens (tertiary/aromatic N) is 2. The minimum absolute atomic E-state index is 0.0213. The fourth-order valence-corrected chi connectivity index (χ4v) is 2.10. The quantitative estimate of drug-likeness (QED) is 0.762. The molecule has 1 atom stereocenters. The summed E-state index contributed by atoms with van der Waals surface area (Å²) in [6, 6.07) is 5.83. The molecule has 2 rings (SSSR count). The van der Waals surface area contributed by atoms with Gasteiger partial charge in [0.25, 0.3) is 0 Å². The van der Waals surface area contributed by atoms with E-state index in [4.69, 9.17) is 9.68 Å². The molecule has 0 N–H and O–H groups in total. The van der Waals surface area contributed by atoms with Crippen LogP contribution in [0.15, 0.2) is 22.8 Å². The third kappa shape index (κ3) is 1.58. The lowest BCUT2D eigenvalue weighted by atomic mass is 9.90. The molecule has 1 aromatic rings. The third-order valence-corrected chi connectivity index (χ3v) is 3.28. The molecule has 84 valence electrons. The summed E-state index contributed by atoms with van der Waals surface area (Å²) in [6.45, 7) is 4.29. The fraction of sp³-hybridized carbons (Fsp3) is 0.500. The SMILES string of the molecule is CC1(C)C(C#N)CC(=O)N1Cc1ccco1. The number of amides is 1. The van der Waals surface area contributed by atoms with Gasteiger partial charge in [-0.2, -0.15) is 5.26 Å². The van der Waals surface area contributed by atoms with Gasteiger partial charge in [-0.25, -0.2) is 0 Å². The van der Waals surface area contributed by atoms with E-state index in [-0.39, 0.29) is 11.8 Å². The van der Waals surface area contributed by atoms with E-state index < -0.39 is 5.54 Å². The first-order valence-electron chi connectivity index (χ1n) is 5.28. The van der Waals surface area contributed by atoms with Crippen LogP contribution in [0.2, 0.25) is 0 Å². The van der Waals surface area contributed by atoms with Crippen LogP contribution in [0.1, 0.15) is 26.0 Å². The van der Waals surface area contributed by atoms with Crippen LogP contribution < -0.4 is 0 Å². The molecule has 0 spiro atoms. The molecule has 0 aliphatic carbocycles. The number of carbonyl (C=O) groups excluding carboxylic acids is 1. The lowest BCUT2D eigenvalue weighted by molar-refractivity contribution is -0.131. The molecular weight excluding hydrogens is 204 g/mol. The second-order valence-electron chi connectivity index (χ2n) is 4.60. The molecule has 4 nitrogen and oxygen atoms in total. The maximum Gasteiger partial charge on any atom is 0.224 e. The monoisotopic (exact) mass is 218 g/mol. The van der Waals surface area contributed by atoms with Crippen LogP contribution in [0.25, 0.3) is 0 Å². The second kappa shape index (κ2) is 3.67. The highest BCUT2D eigenvalue weighted by Crippen LogP contribution is 2.36. The standard InChI is InChI=1S/C12H14N2O2/c1-12(2)9(7-13)6-11(15)14(12)8-10-4-3-5-16-10/h3-5,9H,6,8H2,1-2H3. The van der Waals surface area contributed by atoms with E-state index in [2.05, 4.69) is 6.07 Å². The van der Waals surface area contributed by atoms with Crippen molar-refractivity contribution in [3.63, 3.8) is 0 Å². The molecule has 1 saturated heterocycles. The molecular formula is C12H14N2O2. The van der Waals surface area contributed by atoms with Crippen LogP contribution in [0.4, 0.5) is 0 Å². The zero-order valence-corrected chi connectivity index (χ0v) is 9.43. The smallest absolute Gasteiger partial charge is 0.224 e. The predicted molar refractivity (Wildman–Crippen MR) is 57.1 cm³/mol. The summed E-state index contributed by atoms with van der Waals surface area (Å²) in [5.74, 6) is 0.530. The van der Waals surface area contributed by atoms with Crippen molar-refractivity contribution in [3.8, 4) is 6.07 Å². The van der Waals surface area contributed by atoms with Crippen molar-refractivity contribution in [3.05, 3.63) is 24.2 Å². The average Bonchev–Trinajstić information content (AvgIpc) is 2.80. The molecule has 2 heterocycles. The summed E-state index contributed by atoms with van der Waals surface area (Å²) in [5, 5.41) is 9.01. The van der Waals surface area contributed by atoms with E-state index in [0.29, 0.717) is 13.0 Å². The number of rotatable bonds is 2. The van der Waals surface area contributed by atoms with Gasteiger partial charge >= 0.3 is 0 Å². The Morgan fingerprint density at radius 1 is 1.69 bits per heavy atom. The summed E-state index contributed by atoms with van der Waals surface area (Å²) in [4.78, 5) is 13.5. The largest absolute Gasteiger partial charge is 0.467 e. The first-order chi connectivity index (χ1) is 7.55. The molecule has 1 aliphatic heterocycles. The topological polar surface area (TPSA) is 57.2 Å². The molecule has 1 unspecified atom stereocenters. The molecule has 16 heavy (non-hydrogen) atoms. The Morgan fingerprint density at radius 3 is 2.94 bits per heavy atom. The van der Waals surface area contributed by atoms with Gasteiger partial charge < -0.3 is 9.32 Å². The van der Waals surface area contributed by atoms with Crippen molar-refractivity contribution >= 4 is 5.91 Å². The molecule has 4 heteroatoms. The van der Waals surface area contributed by atoms with E-state index in [9.17, 15) is 4.79 Å². The summed E-state index contributed by atoms with van der Waals surface area (Å²) in [6.07, 6.45) is 1.90. The molecule has 0 saturated carbocycles. The molecule has 1 fully saturated rings. The van der Waals surface area contributed by atoms with E-state index in [1.54, 1.807) is 17.2 Å². The highest BCUT2D eigenvalue weighted by Gasteiger charge is 2.46. The summed E-state index contributed by atoms with van der Waals surface area (Å²) in [7, 11) is 0. The molecule has 0 bridgehead atoms. The van der Waals surface area contributed by atoms with Crippen LogP contribution in [0.5, 0.6) is 0 Å². The van der Waals surface area contributed by atoms with E-state index in [1.807, 2.05) is 19.9 Å². The van der Waals surface area contributed by atoms with Crippen LogP contribution in [-0.4, -0.2) is 16.3 Å². The first kappa shape index (κ1) is 10.7. The normalized spacial score (nSPS) is 23.4. The second-order valence-corrected chi connectivity index (χ2v) is 4.60. The van der Waals surface area contributed by atoms with Crippen LogP contribution in [-0.2, 0) is 11.3 Å². The number of nitriles is 1. The van der Waals surface area contributed by atoms with Crippen molar-refractivity contribution in [2.75, 3.05) is 0 Å². The Hall–Kier alpha value is -1.76. The lowest BCUT2D eigenvalue weighted by Crippen LogP contribution is -2.43. The van der Waals surface area contributed by atoms with Gasteiger partial charge in [-0.3, -0.25) is 4.79 Å². The zero-order chi connectivity index (χ0) is 11.8. The molecule has 0 radical (unpaired) electrons. The predicted octanol–water partition coefficient (Wildman–Crippen LogP) is 1.93. The molecule has 0 aromatic carbocycles. The van der Waals surface area contributed by atoms with Crippen molar-refractivity contribution in [1.29, 1.82) is 5.26 Å². The van der Waals surface area contributed by atoms with Crippen LogP contribution in [0, 0.1) is 17.2 Å². The van der Waals surface area contributed by atoms with Gasteiger partial charge in [0.15, 0.2) is 0 Å². The Labute approximate surface area is 94.5 Å². The van der Waals surface area contributed by atoms with Crippen molar-refractivity contribution < 1.29 is 9.21 Å². The number of hydrogen-bond donors (Lipinski definition) is 0. The van der Waals surface area contributed by atoms with E-state index in [1.165, 1.54) is 0 Å². The summed E-state index contributed by atoms with van der Waals surface area (Å²) in [5.41, 5.74) is -0.418. The van der Waals surface area contributed by atoms with Crippen molar-refractivity contribution in [2.24, 2.45) is 5.92 Å². The third-order valence-electron chi connectivity index (χ3n) is 3.28. The molecule has 1 aliphatic rings. The van der Waals surface area contributed by atoms with Crippen molar-refractivity contribution in [2.45, 2.75) is 32.4 Å². The van der Waals surface area contributed by atoms with Gasteiger partial charge in [0, 0.05) is 6.42 Å². The van der Waals surface area contributed by atoms with Gasteiger partial charge in [-0.1, -0.05) is 0 Å². The number of furan rings is 1. The zero-order valence-electron chi connectivity index (χ0n) is 9.43. The number of likely N-dealkylation sites (tertiary alicyclic amines) is 1. The van der Waals surface area contributed by atoms with Gasteiger partial charge in [-0.15, -0.1) is 0 Å². The lowest BCUT2D eigenvalue weighted by Gasteiger charge is -2.32. The highest BCUT2D eigenvalue weighted by atomic mass is 16.3. The van der Waals surface area contributed by atoms with Gasteiger partial charge in [0.05, 0.1) is 30.3 Å². The average molecular weight is 218 g/mol. The highest BCUT2D eigenvalue weighted by molar-refractivity contribution is 5.80. The summed E-state index contributed by atoms with van der Waals surface area (Å²) >= 11 is 0. The fourth-order valence-electron chi connectivity index (χ4n) is 2.10. The van der Waals surface area contributed by atoms with Gasteiger partial charge in [0.1, 0.15) is 5.76 Å². The minimum atomic E-state index is -0.418. The number of hydrogen-bond acceptors (Lipinski definition) is 3. The Kier molecular flexibility index (Phi) is 2.47. The molecule has 1 amide bonds. The maximum atomic E-state index is 11.8. The summed E-state index contributed by atoms with van der Waals surface area (Å²) < 4.78 is 5.23. The Bertz CT molecular complexity index is 428. The Balaban J connectivity index is 2.21. The number of carbonyl (C=O) groups is 1.